The summed E-state index contributed by atoms with van der Waals surface area (Å²) in [5.74, 6) is 0. The normalized spacial score (nSPS) is 11.4. The van der Waals surface area contributed by atoms with Crippen LogP contribution >= 0.6 is 15.9 Å². The number of benzene rings is 1. The molecule has 2 aromatic rings. The summed E-state index contributed by atoms with van der Waals surface area (Å²) in [6.45, 7) is 0. The number of hydrogen-bond donors (Lipinski definition) is 0. The molecular weight excluding hydrogens is 366 g/mol. The van der Waals surface area contributed by atoms with Gasteiger partial charge in [-0.2, -0.15) is 8.42 Å². The molecule has 0 saturated carbocycles. The summed E-state index contributed by atoms with van der Waals surface area (Å²) >= 11 is 3.03. The van der Waals surface area contributed by atoms with Gasteiger partial charge in [0.15, 0.2) is 4.60 Å². The van der Waals surface area contributed by atoms with Crippen LogP contribution in [0.25, 0.3) is 0 Å². The summed E-state index contributed by atoms with van der Waals surface area (Å²) in [4.78, 5) is 10.0. The molecule has 1 aromatic heterocycles. The fourth-order valence-corrected chi connectivity index (χ4v) is 3.87. The largest absolute Gasteiger partial charge is 0.284 e. The van der Waals surface area contributed by atoms with Gasteiger partial charge in [-0.15, -0.1) is 5.10 Å². The molecule has 0 saturated heterocycles. The van der Waals surface area contributed by atoms with Crippen molar-refractivity contribution in [1.29, 1.82) is 0 Å². The number of nitrogens with zero attached hydrogens (tertiary/aromatic N) is 5. The average Bonchev–Trinajstić information content (AvgIpc) is 2.78. The Labute approximate surface area is 128 Å². The van der Waals surface area contributed by atoms with Gasteiger partial charge >= 0.3 is 0 Å². The molecule has 1 aromatic carbocycles. The molecule has 0 aliphatic heterocycles. The number of rotatable bonds is 4. The van der Waals surface area contributed by atoms with E-state index in [1.807, 2.05) is 0 Å². The van der Waals surface area contributed by atoms with Crippen molar-refractivity contribution in [3.05, 3.63) is 39.0 Å². The lowest BCUT2D eigenvalue weighted by atomic mass is 10.3. The first-order valence-electron chi connectivity index (χ1n) is 5.53. The van der Waals surface area contributed by atoms with Crippen LogP contribution in [-0.2, 0) is 17.1 Å². The van der Waals surface area contributed by atoms with Crippen LogP contribution in [0.2, 0.25) is 0 Å². The van der Waals surface area contributed by atoms with E-state index < -0.39 is 14.9 Å². The van der Waals surface area contributed by atoms with Crippen LogP contribution in [0.1, 0.15) is 0 Å². The number of hydrogen-bond acceptors (Lipinski definition) is 6. The first kappa shape index (κ1) is 15.4. The number of non-ortho nitro benzene ring substituents is 1. The molecule has 0 unspecified atom stereocenters. The number of anilines is 1. The van der Waals surface area contributed by atoms with E-state index in [4.69, 9.17) is 0 Å². The molecule has 0 bridgehead atoms. The van der Waals surface area contributed by atoms with Gasteiger partial charge in [0.2, 0.25) is 5.03 Å². The minimum Gasteiger partial charge on any atom is -0.268 e. The molecule has 0 aliphatic carbocycles. The third-order valence-corrected chi connectivity index (χ3v) is 5.44. The Kier molecular flexibility index (Phi) is 3.96. The van der Waals surface area contributed by atoms with Crippen molar-refractivity contribution in [1.82, 2.24) is 15.0 Å². The summed E-state index contributed by atoms with van der Waals surface area (Å²) in [7, 11) is -1.09. The smallest absolute Gasteiger partial charge is 0.268 e. The van der Waals surface area contributed by atoms with E-state index in [0.717, 1.165) is 8.99 Å². The quantitative estimate of drug-likeness (QED) is 0.588. The molecule has 0 amide bonds. The van der Waals surface area contributed by atoms with Crippen LogP contribution < -0.4 is 4.31 Å². The summed E-state index contributed by atoms with van der Waals surface area (Å²) in [5.41, 5.74) is 0.168. The van der Waals surface area contributed by atoms with E-state index in [9.17, 15) is 18.5 Å². The molecule has 2 rings (SSSR count). The van der Waals surface area contributed by atoms with E-state index in [0.29, 0.717) is 0 Å². The number of sulfonamides is 1. The van der Waals surface area contributed by atoms with Crippen molar-refractivity contribution in [2.24, 2.45) is 7.05 Å². The van der Waals surface area contributed by atoms with Crippen molar-refractivity contribution in [3.8, 4) is 0 Å². The van der Waals surface area contributed by atoms with Gasteiger partial charge in [0.25, 0.3) is 15.7 Å². The maximum absolute atomic E-state index is 12.5. The molecule has 1 heterocycles. The maximum Gasteiger partial charge on any atom is 0.284 e. The number of aryl methyl sites for hydroxylation is 1. The lowest BCUT2D eigenvalue weighted by Gasteiger charge is -2.19. The monoisotopic (exact) mass is 375 g/mol. The van der Waals surface area contributed by atoms with E-state index in [1.165, 1.54) is 38.4 Å². The van der Waals surface area contributed by atoms with Gasteiger partial charge in [-0.05, 0) is 28.1 Å². The van der Waals surface area contributed by atoms with Crippen molar-refractivity contribution in [2.75, 3.05) is 11.4 Å². The Morgan fingerprint density at radius 1 is 1.33 bits per heavy atom. The van der Waals surface area contributed by atoms with E-state index in [1.54, 1.807) is 0 Å². The highest BCUT2D eigenvalue weighted by Crippen LogP contribution is 2.26. The number of aromatic nitrogens is 3. The first-order valence-corrected chi connectivity index (χ1v) is 7.77. The fourth-order valence-electron chi connectivity index (χ4n) is 1.65. The van der Waals surface area contributed by atoms with Crippen molar-refractivity contribution in [3.63, 3.8) is 0 Å². The van der Waals surface area contributed by atoms with Crippen molar-refractivity contribution in [2.45, 2.75) is 5.03 Å². The molecule has 0 spiro atoms. The predicted molar refractivity (Wildman–Crippen MR) is 77.4 cm³/mol. The summed E-state index contributed by atoms with van der Waals surface area (Å²) in [5, 5.41) is 17.7. The highest BCUT2D eigenvalue weighted by molar-refractivity contribution is 9.10. The summed E-state index contributed by atoms with van der Waals surface area (Å²) in [6, 6.07) is 5.18. The Balaban J connectivity index is 2.43. The molecule has 112 valence electrons. The maximum atomic E-state index is 12.5. The van der Waals surface area contributed by atoms with Gasteiger partial charge in [-0.25, -0.2) is 4.68 Å². The number of nitro groups is 1. The number of nitro benzene ring substituents is 1. The highest BCUT2D eigenvalue weighted by atomic mass is 79.9. The lowest BCUT2D eigenvalue weighted by molar-refractivity contribution is -0.384. The zero-order valence-corrected chi connectivity index (χ0v) is 13.4. The third-order valence-electron chi connectivity index (χ3n) is 2.77. The molecule has 21 heavy (non-hydrogen) atoms. The minimum atomic E-state index is -3.89. The molecule has 9 nitrogen and oxygen atoms in total. The van der Waals surface area contributed by atoms with Gasteiger partial charge in [0, 0.05) is 26.2 Å². The van der Waals surface area contributed by atoms with E-state index in [2.05, 4.69) is 26.2 Å². The van der Waals surface area contributed by atoms with Crippen LogP contribution in [0.4, 0.5) is 11.4 Å². The van der Waals surface area contributed by atoms with Crippen molar-refractivity contribution < 1.29 is 13.3 Å². The van der Waals surface area contributed by atoms with Crippen molar-refractivity contribution >= 4 is 37.3 Å². The van der Waals surface area contributed by atoms with Gasteiger partial charge in [-0.3, -0.25) is 14.4 Å². The molecule has 0 N–H and O–H groups in total. The van der Waals surface area contributed by atoms with Gasteiger partial charge in [0.1, 0.15) is 0 Å². The number of halogens is 1. The standard InChI is InChI=1S/C10H10BrN5O4S/c1-14-10(9(11)12-13-14)21(19,20)15(2)7-3-5-8(6-4-7)16(17)18/h3-6H,1-2H3. The second-order valence-electron chi connectivity index (χ2n) is 4.06. The molecule has 0 radical (unpaired) electrons. The van der Waals surface area contributed by atoms with Gasteiger partial charge in [-0.1, -0.05) is 5.21 Å². The molecule has 0 atom stereocenters. The Morgan fingerprint density at radius 2 is 1.90 bits per heavy atom. The predicted octanol–water partition coefficient (Wildman–Crippen LogP) is 1.31. The van der Waals surface area contributed by atoms with E-state index >= 15 is 0 Å². The van der Waals surface area contributed by atoms with Gasteiger partial charge < -0.3 is 0 Å². The van der Waals surface area contributed by atoms with Crippen LogP contribution in [0, 0.1) is 10.1 Å². The Morgan fingerprint density at radius 3 is 2.33 bits per heavy atom. The van der Waals surface area contributed by atoms with Crippen LogP contribution in [-0.4, -0.2) is 35.4 Å². The highest BCUT2D eigenvalue weighted by Gasteiger charge is 2.29. The zero-order valence-electron chi connectivity index (χ0n) is 11.0. The molecule has 11 heteroatoms. The third kappa shape index (κ3) is 2.74. The summed E-state index contributed by atoms with van der Waals surface area (Å²) in [6.07, 6.45) is 0. The van der Waals surface area contributed by atoms with Gasteiger partial charge in [0.05, 0.1) is 10.6 Å². The molecule has 0 fully saturated rings. The lowest BCUT2D eigenvalue weighted by Crippen LogP contribution is -2.28. The van der Waals surface area contributed by atoms with E-state index in [-0.39, 0.29) is 21.0 Å². The molecule has 0 aliphatic rings. The second kappa shape index (κ2) is 5.41. The van der Waals surface area contributed by atoms with Crippen LogP contribution in [0.3, 0.4) is 0 Å². The minimum absolute atomic E-state index is 0.0961. The topological polar surface area (TPSA) is 111 Å². The van der Waals surface area contributed by atoms with Crippen LogP contribution in [0.5, 0.6) is 0 Å². The van der Waals surface area contributed by atoms with Crippen LogP contribution in [0.15, 0.2) is 33.9 Å². The SMILES string of the molecule is CN(c1ccc([N+](=O)[O-])cc1)S(=O)(=O)c1c(Br)nnn1C. The first-order chi connectivity index (χ1) is 9.75. The average molecular weight is 376 g/mol. The summed E-state index contributed by atoms with van der Waals surface area (Å²) < 4.78 is 27.3. The fraction of sp³-hybridized carbons (Fsp3) is 0.200. The second-order valence-corrected chi connectivity index (χ2v) is 6.69. The Bertz CT molecular complexity index is 767. The molecular formula is C10H10BrN5O4S. The zero-order chi connectivity index (χ0) is 15.8. The Hall–Kier alpha value is -2.01.